The van der Waals surface area contributed by atoms with Gasteiger partial charge in [0.2, 0.25) is 0 Å². The molecule has 0 saturated heterocycles. The lowest BCUT2D eigenvalue weighted by molar-refractivity contribution is -0.119. The predicted molar refractivity (Wildman–Crippen MR) is 60.7 cm³/mol. The monoisotopic (exact) mass is 242 g/mol. The highest BCUT2D eigenvalue weighted by Gasteiger charge is 2.14. The second-order valence-electron chi connectivity index (χ2n) is 4.19. The minimum absolute atomic E-state index is 0.0718. The summed E-state index contributed by atoms with van der Waals surface area (Å²) < 4.78 is 31.1. The Kier molecular flexibility index (Phi) is 5.22. The van der Waals surface area contributed by atoms with Crippen molar-refractivity contribution >= 4 is 5.78 Å². The second-order valence-corrected chi connectivity index (χ2v) is 4.19. The summed E-state index contributed by atoms with van der Waals surface area (Å²) >= 11 is 0. The molecule has 0 radical (unpaired) electrons. The fraction of sp³-hybridized carbons (Fsp3) is 0.462. The summed E-state index contributed by atoms with van der Waals surface area (Å²) in [5, 5.41) is 0. The summed E-state index contributed by atoms with van der Waals surface area (Å²) in [5.74, 6) is -1.87. The van der Waals surface area contributed by atoms with Gasteiger partial charge in [-0.15, -0.1) is 0 Å². The second kappa shape index (κ2) is 6.45. The van der Waals surface area contributed by atoms with Crippen LogP contribution in [0.15, 0.2) is 18.2 Å². The van der Waals surface area contributed by atoms with Crippen LogP contribution >= 0.6 is 0 Å². The number of hydrogen-bond acceptors (Lipinski definition) is 2. The van der Waals surface area contributed by atoms with Crippen molar-refractivity contribution < 1.29 is 18.3 Å². The van der Waals surface area contributed by atoms with Gasteiger partial charge >= 0.3 is 0 Å². The highest BCUT2D eigenvalue weighted by Crippen LogP contribution is 2.14. The van der Waals surface area contributed by atoms with Crippen LogP contribution in [0.5, 0.6) is 0 Å². The Hall–Kier alpha value is -1.29. The van der Waals surface area contributed by atoms with Crippen molar-refractivity contribution in [3.05, 3.63) is 35.4 Å². The van der Waals surface area contributed by atoms with Crippen LogP contribution in [0.2, 0.25) is 0 Å². The van der Waals surface area contributed by atoms with E-state index in [9.17, 15) is 13.6 Å². The van der Waals surface area contributed by atoms with Crippen LogP contribution in [0, 0.1) is 17.6 Å². The summed E-state index contributed by atoms with van der Waals surface area (Å²) in [7, 11) is 1.56. The molecule has 4 heteroatoms. The summed E-state index contributed by atoms with van der Waals surface area (Å²) in [6, 6.07) is 3.87. The van der Waals surface area contributed by atoms with Gasteiger partial charge in [0.15, 0.2) is 11.6 Å². The number of hydrogen-bond donors (Lipinski definition) is 0. The minimum atomic E-state index is -0.930. The SMILES string of the molecule is COCC(C)CC(=O)Cc1cccc(F)c1F. The Labute approximate surface area is 99.6 Å². The van der Waals surface area contributed by atoms with Gasteiger partial charge in [0.1, 0.15) is 5.78 Å². The molecule has 0 aliphatic rings. The van der Waals surface area contributed by atoms with E-state index in [1.54, 1.807) is 7.11 Å². The maximum atomic E-state index is 13.3. The molecule has 0 amide bonds. The zero-order valence-corrected chi connectivity index (χ0v) is 10.0. The lowest BCUT2D eigenvalue weighted by atomic mass is 10.00. The molecule has 0 aliphatic heterocycles. The van der Waals surface area contributed by atoms with Crippen molar-refractivity contribution in [3.63, 3.8) is 0 Å². The Morgan fingerprint density at radius 2 is 2.12 bits per heavy atom. The Bertz CT molecular complexity index is 391. The quantitative estimate of drug-likeness (QED) is 0.766. The first-order valence-electron chi connectivity index (χ1n) is 5.48. The number of halogens is 2. The first kappa shape index (κ1) is 13.8. The Balaban J connectivity index is 2.59. The number of methoxy groups -OCH3 is 1. The molecule has 0 heterocycles. The summed E-state index contributed by atoms with van der Waals surface area (Å²) in [5.41, 5.74) is 0.111. The fourth-order valence-electron chi connectivity index (χ4n) is 1.70. The van der Waals surface area contributed by atoms with E-state index in [1.165, 1.54) is 12.1 Å². The van der Waals surface area contributed by atoms with E-state index in [1.807, 2.05) is 6.92 Å². The minimum Gasteiger partial charge on any atom is -0.384 e. The molecule has 0 aromatic heterocycles. The molecule has 0 spiro atoms. The van der Waals surface area contributed by atoms with Gasteiger partial charge in [0.05, 0.1) is 0 Å². The van der Waals surface area contributed by atoms with Crippen molar-refractivity contribution in [3.8, 4) is 0 Å². The molecule has 0 bridgehead atoms. The number of ketones is 1. The smallest absolute Gasteiger partial charge is 0.162 e. The standard InChI is InChI=1S/C13H16F2O2/c1-9(8-17-2)6-11(16)7-10-4-3-5-12(14)13(10)15/h3-5,9H,6-8H2,1-2H3. The highest BCUT2D eigenvalue weighted by molar-refractivity contribution is 5.81. The van der Waals surface area contributed by atoms with Gasteiger partial charge < -0.3 is 4.74 Å². The van der Waals surface area contributed by atoms with Crippen molar-refractivity contribution in [1.82, 2.24) is 0 Å². The van der Waals surface area contributed by atoms with Crippen molar-refractivity contribution in [2.45, 2.75) is 19.8 Å². The highest BCUT2D eigenvalue weighted by atomic mass is 19.2. The number of Topliss-reactive ketones (excluding diaryl/α,β-unsaturated/α-hetero) is 1. The number of rotatable bonds is 6. The number of ether oxygens (including phenoxy) is 1. The van der Waals surface area contributed by atoms with Gasteiger partial charge in [-0.2, -0.15) is 0 Å². The topological polar surface area (TPSA) is 26.3 Å². The van der Waals surface area contributed by atoms with E-state index in [0.29, 0.717) is 13.0 Å². The zero-order chi connectivity index (χ0) is 12.8. The third-order valence-electron chi connectivity index (χ3n) is 2.45. The third-order valence-corrected chi connectivity index (χ3v) is 2.45. The summed E-state index contributed by atoms with van der Waals surface area (Å²) in [6.45, 7) is 2.36. The van der Waals surface area contributed by atoms with Crippen LogP contribution in [0.3, 0.4) is 0 Å². The molecular formula is C13H16F2O2. The lowest BCUT2D eigenvalue weighted by Crippen LogP contribution is -2.13. The van der Waals surface area contributed by atoms with Crippen LogP contribution in [-0.2, 0) is 16.0 Å². The van der Waals surface area contributed by atoms with Gasteiger partial charge in [-0.1, -0.05) is 19.1 Å². The number of carbonyl (C=O) groups excluding carboxylic acids is 1. The number of carbonyl (C=O) groups is 1. The molecule has 1 unspecified atom stereocenters. The first-order chi connectivity index (χ1) is 8.04. The molecule has 94 valence electrons. The zero-order valence-electron chi connectivity index (χ0n) is 10.0. The Morgan fingerprint density at radius 1 is 1.41 bits per heavy atom. The maximum Gasteiger partial charge on any atom is 0.162 e. The van der Waals surface area contributed by atoms with Crippen molar-refractivity contribution in [2.24, 2.45) is 5.92 Å². The maximum absolute atomic E-state index is 13.3. The van der Waals surface area contributed by atoms with Crippen LogP contribution < -0.4 is 0 Å². The molecule has 1 atom stereocenters. The molecule has 0 N–H and O–H groups in total. The van der Waals surface area contributed by atoms with Gasteiger partial charge in [-0.3, -0.25) is 4.79 Å². The predicted octanol–water partition coefficient (Wildman–Crippen LogP) is 2.75. The van der Waals surface area contributed by atoms with Crippen LogP contribution in [0.4, 0.5) is 8.78 Å². The lowest BCUT2D eigenvalue weighted by Gasteiger charge is -2.09. The molecular weight excluding hydrogens is 226 g/mol. The van der Waals surface area contributed by atoms with Gasteiger partial charge in [-0.05, 0) is 17.5 Å². The molecule has 1 aromatic carbocycles. The molecule has 2 nitrogen and oxygen atoms in total. The van der Waals surface area contributed by atoms with E-state index in [0.717, 1.165) is 6.07 Å². The van der Waals surface area contributed by atoms with E-state index in [4.69, 9.17) is 4.74 Å². The van der Waals surface area contributed by atoms with E-state index < -0.39 is 11.6 Å². The van der Waals surface area contributed by atoms with Crippen LogP contribution in [-0.4, -0.2) is 19.5 Å². The average molecular weight is 242 g/mol. The molecule has 0 saturated carbocycles. The van der Waals surface area contributed by atoms with E-state index in [-0.39, 0.29) is 23.7 Å². The molecule has 17 heavy (non-hydrogen) atoms. The van der Waals surface area contributed by atoms with Gasteiger partial charge in [0.25, 0.3) is 0 Å². The van der Waals surface area contributed by atoms with E-state index in [2.05, 4.69) is 0 Å². The van der Waals surface area contributed by atoms with Crippen LogP contribution in [0.1, 0.15) is 18.9 Å². The van der Waals surface area contributed by atoms with Gasteiger partial charge in [-0.25, -0.2) is 8.78 Å². The van der Waals surface area contributed by atoms with Crippen molar-refractivity contribution in [2.75, 3.05) is 13.7 Å². The summed E-state index contributed by atoms with van der Waals surface area (Å²) in [6.07, 6.45) is 0.238. The molecule has 0 aliphatic carbocycles. The fourth-order valence-corrected chi connectivity index (χ4v) is 1.70. The number of benzene rings is 1. The first-order valence-corrected chi connectivity index (χ1v) is 5.48. The molecule has 0 fully saturated rings. The normalized spacial score (nSPS) is 12.5. The van der Waals surface area contributed by atoms with Crippen molar-refractivity contribution in [1.29, 1.82) is 0 Å². The summed E-state index contributed by atoms with van der Waals surface area (Å²) in [4.78, 5) is 11.6. The molecule has 1 aromatic rings. The van der Waals surface area contributed by atoms with Crippen LogP contribution in [0.25, 0.3) is 0 Å². The average Bonchev–Trinajstić information content (AvgIpc) is 2.25. The van der Waals surface area contributed by atoms with E-state index >= 15 is 0 Å². The molecule has 1 rings (SSSR count). The van der Waals surface area contributed by atoms with Gasteiger partial charge in [0, 0.05) is 26.6 Å². The largest absolute Gasteiger partial charge is 0.384 e. The Morgan fingerprint density at radius 3 is 2.76 bits per heavy atom. The third kappa shape index (κ3) is 4.23.